The highest BCUT2D eigenvalue weighted by molar-refractivity contribution is 7.89. The number of rotatable bonds is 3. The highest BCUT2D eigenvalue weighted by Gasteiger charge is 2.33. The third kappa shape index (κ3) is 2.86. The number of nitro benzene ring substituents is 1. The molecule has 0 unspecified atom stereocenters. The van der Waals surface area contributed by atoms with Gasteiger partial charge >= 0.3 is 0 Å². The Morgan fingerprint density at radius 1 is 1.37 bits per heavy atom. The summed E-state index contributed by atoms with van der Waals surface area (Å²) in [7, 11) is -4.04. The average molecular weight is 307 g/mol. The van der Waals surface area contributed by atoms with Crippen LogP contribution in [-0.2, 0) is 14.9 Å². The molecule has 1 aromatic rings. The normalized spacial score (nSPS) is 17.3. The zero-order chi connectivity index (χ0) is 14.0. The van der Waals surface area contributed by atoms with Gasteiger partial charge in [0.25, 0.3) is 15.7 Å². The fraction of sp³-hybridized carbons (Fsp3) is 0.400. The van der Waals surface area contributed by atoms with E-state index in [-0.39, 0.29) is 18.2 Å². The minimum Gasteiger partial charge on any atom is -0.284 e. The lowest BCUT2D eigenvalue weighted by Gasteiger charge is -2.25. The molecule has 2 rings (SSSR count). The molecule has 1 fully saturated rings. The first-order chi connectivity index (χ1) is 8.93. The van der Waals surface area contributed by atoms with Crippen LogP contribution in [0.3, 0.4) is 0 Å². The van der Waals surface area contributed by atoms with Crippen LogP contribution in [0.1, 0.15) is 12.8 Å². The van der Waals surface area contributed by atoms with E-state index in [9.17, 15) is 18.5 Å². The molecule has 19 heavy (non-hydrogen) atoms. The zero-order valence-corrected chi connectivity index (χ0v) is 11.4. The molecular weight excluding hydrogens is 296 g/mol. The third-order valence-corrected chi connectivity index (χ3v) is 4.59. The molecule has 1 aromatic carbocycles. The van der Waals surface area contributed by atoms with Gasteiger partial charge in [0.15, 0.2) is 4.90 Å². The quantitative estimate of drug-likeness (QED) is 0.629. The Hall–Kier alpha value is -1.22. The maximum absolute atomic E-state index is 12.3. The van der Waals surface area contributed by atoms with Crippen molar-refractivity contribution in [2.45, 2.75) is 17.7 Å². The van der Waals surface area contributed by atoms with Gasteiger partial charge < -0.3 is 0 Å². The van der Waals surface area contributed by atoms with Gasteiger partial charge in [0.05, 0.1) is 11.5 Å². The molecule has 9 heteroatoms. The molecular formula is C10H11ClN2O5S. The van der Waals surface area contributed by atoms with E-state index in [0.29, 0.717) is 6.42 Å². The molecule has 0 spiro atoms. The van der Waals surface area contributed by atoms with Crippen LogP contribution in [0.4, 0.5) is 5.69 Å². The van der Waals surface area contributed by atoms with E-state index in [4.69, 9.17) is 16.4 Å². The Morgan fingerprint density at radius 3 is 2.68 bits per heavy atom. The molecule has 1 aliphatic rings. The van der Waals surface area contributed by atoms with Crippen LogP contribution < -0.4 is 0 Å². The van der Waals surface area contributed by atoms with Gasteiger partial charge in [-0.25, -0.2) is 8.42 Å². The summed E-state index contributed by atoms with van der Waals surface area (Å²) in [5, 5.41) is 11.0. The predicted octanol–water partition coefficient (Wildman–Crippen LogP) is 1.96. The van der Waals surface area contributed by atoms with Crippen molar-refractivity contribution >= 4 is 27.3 Å². The standard InChI is InChI=1S/C10H11ClN2O5S/c11-8-3-4-10(9(7-8)13(14)15)19(16,17)12-5-1-2-6-18-12/h3-4,7H,1-2,5-6H2. The molecule has 0 amide bonds. The molecule has 0 atom stereocenters. The monoisotopic (exact) mass is 306 g/mol. The number of nitrogens with zero attached hydrogens (tertiary/aromatic N) is 2. The first-order valence-corrected chi connectivity index (χ1v) is 7.34. The van der Waals surface area contributed by atoms with Gasteiger partial charge in [-0.1, -0.05) is 16.1 Å². The summed E-state index contributed by atoms with van der Waals surface area (Å²) in [5.41, 5.74) is -0.554. The smallest absolute Gasteiger partial charge is 0.284 e. The second-order valence-corrected chi connectivity index (χ2v) is 6.17. The molecule has 0 bridgehead atoms. The largest absolute Gasteiger partial charge is 0.290 e. The Labute approximate surface area is 114 Å². The van der Waals surface area contributed by atoms with Crippen molar-refractivity contribution in [3.05, 3.63) is 33.3 Å². The van der Waals surface area contributed by atoms with Gasteiger partial charge in [-0.3, -0.25) is 15.0 Å². The third-order valence-electron chi connectivity index (χ3n) is 2.63. The van der Waals surface area contributed by atoms with E-state index in [1.54, 1.807) is 0 Å². The number of hydrogen-bond acceptors (Lipinski definition) is 5. The molecule has 1 heterocycles. The molecule has 0 saturated carbocycles. The molecule has 104 valence electrons. The van der Waals surface area contributed by atoms with Gasteiger partial charge in [-0.15, -0.1) is 0 Å². The van der Waals surface area contributed by atoms with Gasteiger partial charge in [-0.05, 0) is 25.0 Å². The number of nitro groups is 1. The SMILES string of the molecule is O=[N+]([O-])c1cc(Cl)ccc1S(=O)(=O)N1CCCCO1. The minimum absolute atomic E-state index is 0.102. The molecule has 1 saturated heterocycles. The summed E-state index contributed by atoms with van der Waals surface area (Å²) >= 11 is 5.65. The Kier molecular flexibility index (Phi) is 4.04. The van der Waals surface area contributed by atoms with Crippen molar-refractivity contribution in [2.24, 2.45) is 0 Å². The second-order valence-electron chi connectivity index (χ2n) is 3.94. The van der Waals surface area contributed by atoms with E-state index in [1.165, 1.54) is 6.07 Å². The number of hydrogen-bond donors (Lipinski definition) is 0. The Balaban J connectivity index is 2.48. The van der Waals surface area contributed by atoms with Crippen molar-refractivity contribution in [2.75, 3.05) is 13.2 Å². The maximum atomic E-state index is 12.3. The van der Waals surface area contributed by atoms with Crippen LogP contribution in [-0.4, -0.2) is 31.0 Å². The minimum atomic E-state index is -4.04. The summed E-state index contributed by atoms with van der Waals surface area (Å²) in [5.74, 6) is 0. The molecule has 0 N–H and O–H groups in total. The highest BCUT2D eigenvalue weighted by Crippen LogP contribution is 2.30. The molecule has 7 nitrogen and oxygen atoms in total. The topological polar surface area (TPSA) is 89.8 Å². The average Bonchev–Trinajstić information content (AvgIpc) is 2.39. The van der Waals surface area contributed by atoms with Crippen molar-refractivity contribution in [3.8, 4) is 0 Å². The van der Waals surface area contributed by atoms with Crippen molar-refractivity contribution in [3.63, 3.8) is 0 Å². The second kappa shape index (κ2) is 5.41. The van der Waals surface area contributed by atoms with E-state index in [0.717, 1.165) is 23.0 Å². The number of benzene rings is 1. The first kappa shape index (κ1) is 14.2. The maximum Gasteiger partial charge on any atom is 0.290 e. The van der Waals surface area contributed by atoms with Gasteiger partial charge in [-0.2, -0.15) is 0 Å². The first-order valence-electron chi connectivity index (χ1n) is 5.52. The van der Waals surface area contributed by atoms with Crippen LogP contribution in [0.2, 0.25) is 5.02 Å². The van der Waals surface area contributed by atoms with Crippen LogP contribution in [0, 0.1) is 10.1 Å². The lowest BCUT2D eigenvalue weighted by atomic mass is 10.3. The van der Waals surface area contributed by atoms with Gasteiger partial charge in [0.1, 0.15) is 0 Å². The molecule has 1 aliphatic heterocycles. The fourth-order valence-electron chi connectivity index (χ4n) is 1.72. The summed E-state index contributed by atoms with van der Waals surface area (Å²) in [6.45, 7) is 0.461. The summed E-state index contributed by atoms with van der Waals surface area (Å²) in [6, 6.07) is 3.43. The molecule has 0 radical (unpaired) electrons. The zero-order valence-electron chi connectivity index (χ0n) is 9.78. The van der Waals surface area contributed by atoms with Crippen molar-refractivity contribution in [1.82, 2.24) is 4.47 Å². The van der Waals surface area contributed by atoms with Crippen LogP contribution >= 0.6 is 11.6 Å². The molecule has 0 aromatic heterocycles. The fourth-order valence-corrected chi connectivity index (χ4v) is 3.33. The summed E-state index contributed by atoms with van der Waals surface area (Å²) in [4.78, 5) is 14.8. The Morgan fingerprint density at radius 2 is 2.11 bits per heavy atom. The van der Waals surface area contributed by atoms with Crippen molar-refractivity contribution in [1.29, 1.82) is 0 Å². The van der Waals surface area contributed by atoms with Crippen molar-refractivity contribution < 1.29 is 18.2 Å². The number of sulfonamides is 1. The van der Waals surface area contributed by atoms with Crippen LogP contribution in [0.5, 0.6) is 0 Å². The number of hydroxylamine groups is 1. The Bertz CT molecular complexity index is 598. The summed E-state index contributed by atoms with van der Waals surface area (Å²) < 4.78 is 25.4. The lowest BCUT2D eigenvalue weighted by Crippen LogP contribution is -2.36. The predicted molar refractivity (Wildman–Crippen MR) is 67.2 cm³/mol. The van der Waals surface area contributed by atoms with Crippen LogP contribution in [0.15, 0.2) is 23.1 Å². The van der Waals surface area contributed by atoms with Gasteiger partial charge in [0, 0.05) is 17.6 Å². The molecule has 0 aliphatic carbocycles. The van der Waals surface area contributed by atoms with E-state index in [2.05, 4.69) is 0 Å². The highest BCUT2D eigenvalue weighted by atomic mass is 35.5. The lowest BCUT2D eigenvalue weighted by molar-refractivity contribution is -0.387. The number of halogens is 1. The van der Waals surface area contributed by atoms with E-state index >= 15 is 0 Å². The van der Waals surface area contributed by atoms with E-state index in [1.807, 2.05) is 0 Å². The van der Waals surface area contributed by atoms with Crippen LogP contribution in [0.25, 0.3) is 0 Å². The summed E-state index contributed by atoms with van der Waals surface area (Å²) in [6.07, 6.45) is 1.41. The van der Waals surface area contributed by atoms with Gasteiger partial charge in [0.2, 0.25) is 0 Å². The van der Waals surface area contributed by atoms with E-state index < -0.39 is 25.5 Å².